The lowest BCUT2D eigenvalue weighted by atomic mass is 10.1. The number of aliphatic hydroxyl groups is 1. The first-order valence-electron chi connectivity index (χ1n) is 4.75. The molecule has 0 atom stereocenters. The average molecular weight is 222 g/mol. The highest BCUT2D eigenvalue weighted by Gasteiger charge is 2.01. The summed E-state index contributed by atoms with van der Waals surface area (Å²) in [6.07, 6.45) is 0. The Balaban J connectivity index is 2.85. The molecule has 1 N–H and O–H groups in total. The number of carbonyl (C=O) groups is 1. The van der Waals surface area contributed by atoms with Crippen molar-refractivity contribution in [3.63, 3.8) is 0 Å². The predicted octanol–water partition coefficient (Wildman–Crippen LogP) is 1.23. The maximum Gasteiger partial charge on any atom is 0.384 e. The van der Waals surface area contributed by atoms with E-state index in [0.29, 0.717) is 5.56 Å². The zero-order chi connectivity index (χ0) is 12.0. The normalized spacial score (nSPS) is 9.19. The van der Waals surface area contributed by atoms with Gasteiger partial charge in [0.05, 0.1) is 18.8 Å². The van der Waals surface area contributed by atoms with Crippen molar-refractivity contribution in [2.45, 2.75) is 13.5 Å². The van der Waals surface area contributed by atoms with Gasteiger partial charge in [-0.1, -0.05) is 12.0 Å². The molecule has 0 heterocycles. The van der Waals surface area contributed by atoms with Gasteiger partial charge in [0.2, 0.25) is 0 Å². The number of halogens is 1. The van der Waals surface area contributed by atoms with Crippen molar-refractivity contribution in [2.75, 3.05) is 6.61 Å². The van der Waals surface area contributed by atoms with E-state index in [4.69, 9.17) is 5.11 Å². The van der Waals surface area contributed by atoms with Crippen LogP contribution in [-0.4, -0.2) is 17.7 Å². The quantitative estimate of drug-likeness (QED) is 0.604. The highest BCUT2D eigenvalue weighted by molar-refractivity contribution is 5.89. The molecular formula is C12H11FO3. The minimum absolute atomic E-state index is 0.102. The van der Waals surface area contributed by atoms with Crippen molar-refractivity contribution < 1.29 is 19.0 Å². The molecule has 1 aromatic carbocycles. The number of carbonyl (C=O) groups excluding carboxylic acids is 1. The fourth-order valence-electron chi connectivity index (χ4n) is 1.04. The van der Waals surface area contributed by atoms with Crippen LogP contribution in [0.3, 0.4) is 0 Å². The smallest absolute Gasteiger partial charge is 0.384 e. The zero-order valence-corrected chi connectivity index (χ0v) is 8.79. The molecule has 0 amide bonds. The summed E-state index contributed by atoms with van der Waals surface area (Å²) in [4.78, 5) is 10.9. The first kappa shape index (κ1) is 12.2. The summed E-state index contributed by atoms with van der Waals surface area (Å²) in [5, 5.41) is 8.76. The van der Waals surface area contributed by atoms with Gasteiger partial charge in [0.1, 0.15) is 5.82 Å². The monoisotopic (exact) mass is 222 g/mol. The standard InChI is InChI=1S/C12H11FO3/c1-2-16-12(15)6-5-10-4-3-9(8-14)7-11(10)13/h3-4,7,14H,2,8H2,1H3. The lowest BCUT2D eigenvalue weighted by molar-refractivity contribution is -0.136. The van der Waals surface area contributed by atoms with E-state index in [9.17, 15) is 9.18 Å². The van der Waals surface area contributed by atoms with Gasteiger partial charge in [-0.2, -0.15) is 0 Å². The largest absolute Gasteiger partial charge is 0.456 e. The fourth-order valence-corrected chi connectivity index (χ4v) is 1.04. The Morgan fingerprint density at radius 1 is 1.56 bits per heavy atom. The first-order chi connectivity index (χ1) is 7.67. The van der Waals surface area contributed by atoms with Gasteiger partial charge in [-0.3, -0.25) is 0 Å². The second-order valence-corrected chi connectivity index (χ2v) is 2.94. The molecule has 0 radical (unpaired) electrons. The van der Waals surface area contributed by atoms with E-state index in [2.05, 4.69) is 16.6 Å². The SMILES string of the molecule is CCOC(=O)C#Cc1ccc(CO)cc1F. The van der Waals surface area contributed by atoms with E-state index in [1.165, 1.54) is 18.2 Å². The summed E-state index contributed by atoms with van der Waals surface area (Å²) in [5.74, 6) is 3.28. The lowest BCUT2D eigenvalue weighted by Crippen LogP contribution is -1.99. The molecule has 0 saturated heterocycles. The van der Waals surface area contributed by atoms with E-state index in [-0.39, 0.29) is 18.8 Å². The number of aliphatic hydroxyl groups excluding tert-OH is 1. The van der Waals surface area contributed by atoms with E-state index in [0.717, 1.165) is 0 Å². The molecule has 1 rings (SSSR count). The Morgan fingerprint density at radius 3 is 2.88 bits per heavy atom. The molecular weight excluding hydrogens is 211 g/mol. The number of rotatable bonds is 2. The van der Waals surface area contributed by atoms with Gasteiger partial charge in [0, 0.05) is 5.92 Å². The van der Waals surface area contributed by atoms with E-state index in [1.807, 2.05) is 0 Å². The third kappa shape index (κ3) is 3.37. The van der Waals surface area contributed by atoms with Crippen LogP contribution in [0.15, 0.2) is 18.2 Å². The van der Waals surface area contributed by atoms with Crippen molar-refractivity contribution in [3.05, 3.63) is 35.1 Å². The maximum absolute atomic E-state index is 13.3. The summed E-state index contributed by atoms with van der Waals surface area (Å²) in [6.45, 7) is 1.66. The summed E-state index contributed by atoms with van der Waals surface area (Å²) in [6, 6.07) is 4.13. The van der Waals surface area contributed by atoms with Crippen molar-refractivity contribution in [1.82, 2.24) is 0 Å². The maximum atomic E-state index is 13.3. The molecule has 0 unspecified atom stereocenters. The summed E-state index contributed by atoms with van der Waals surface area (Å²) >= 11 is 0. The van der Waals surface area contributed by atoms with E-state index < -0.39 is 11.8 Å². The van der Waals surface area contributed by atoms with Crippen molar-refractivity contribution >= 4 is 5.97 Å². The minimum Gasteiger partial charge on any atom is -0.456 e. The molecule has 0 aromatic heterocycles. The Hall–Kier alpha value is -1.86. The first-order valence-corrected chi connectivity index (χ1v) is 4.75. The van der Waals surface area contributed by atoms with Crippen LogP contribution in [-0.2, 0) is 16.1 Å². The molecule has 16 heavy (non-hydrogen) atoms. The average Bonchev–Trinajstić information content (AvgIpc) is 2.27. The number of ether oxygens (including phenoxy) is 1. The number of hydrogen-bond donors (Lipinski definition) is 1. The Kier molecular flexibility index (Phi) is 4.49. The van der Waals surface area contributed by atoms with E-state index >= 15 is 0 Å². The zero-order valence-electron chi connectivity index (χ0n) is 8.79. The van der Waals surface area contributed by atoms with Gasteiger partial charge in [0.25, 0.3) is 0 Å². The Morgan fingerprint density at radius 2 is 2.31 bits per heavy atom. The molecule has 0 saturated carbocycles. The molecule has 0 bridgehead atoms. The number of esters is 1. The molecule has 0 spiro atoms. The van der Waals surface area contributed by atoms with Crippen LogP contribution in [0.2, 0.25) is 0 Å². The highest BCUT2D eigenvalue weighted by atomic mass is 19.1. The predicted molar refractivity (Wildman–Crippen MR) is 55.8 cm³/mol. The van der Waals surface area contributed by atoms with Crippen LogP contribution < -0.4 is 0 Å². The molecule has 0 fully saturated rings. The van der Waals surface area contributed by atoms with Crippen molar-refractivity contribution in [1.29, 1.82) is 0 Å². The molecule has 0 aliphatic heterocycles. The minimum atomic E-state index is -0.687. The van der Waals surface area contributed by atoms with Gasteiger partial charge in [-0.25, -0.2) is 9.18 Å². The van der Waals surface area contributed by atoms with Gasteiger partial charge >= 0.3 is 5.97 Å². The summed E-state index contributed by atoms with van der Waals surface area (Å²) in [7, 11) is 0. The van der Waals surface area contributed by atoms with Crippen LogP contribution in [0.4, 0.5) is 4.39 Å². The van der Waals surface area contributed by atoms with Gasteiger partial charge in [-0.05, 0) is 24.6 Å². The molecule has 84 valence electrons. The van der Waals surface area contributed by atoms with Crippen LogP contribution in [0.25, 0.3) is 0 Å². The van der Waals surface area contributed by atoms with Crippen LogP contribution in [0.1, 0.15) is 18.1 Å². The molecule has 4 heteroatoms. The molecule has 3 nitrogen and oxygen atoms in total. The van der Waals surface area contributed by atoms with Gasteiger partial charge in [0.15, 0.2) is 0 Å². The summed E-state index contributed by atoms with van der Waals surface area (Å²) in [5.41, 5.74) is 0.560. The Labute approximate surface area is 92.9 Å². The fraction of sp³-hybridized carbons (Fsp3) is 0.250. The number of benzene rings is 1. The third-order valence-corrected chi connectivity index (χ3v) is 1.79. The van der Waals surface area contributed by atoms with Crippen LogP contribution in [0.5, 0.6) is 0 Å². The van der Waals surface area contributed by atoms with Crippen molar-refractivity contribution in [3.8, 4) is 11.8 Å². The van der Waals surface area contributed by atoms with Gasteiger partial charge in [-0.15, -0.1) is 0 Å². The Bertz CT molecular complexity index is 443. The molecule has 0 aliphatic carbocycles. The highest BCUT2D eigenvalue weighted by Crippen LogP contribution is 2.09. The second-order valence-electron chi connectivity index (χ2n) is 2.94. The second kappa shape index (κ2) is 5.89. The third-order valence-electron chi connectivity index (χ3n) is 1.79. The molecule has 1 aromatic rings. The number of hydrogen-bond acceptors (Lipinski definition) is 3. The van der Waals surface area contributed by atoms with Crippen molar-refractivity contribution in [2.24, 2.45) is 0 Å². The topological polar surface area (TPSA) is 46.5 Å². The molecule has 0 aliphatic rings. The van der Waals surface area contributed by atoms with Gasteiger partial charge < -0.3 is 9.84 Å². The summed E-state index contributed by atoms with van der Waals surface area (Å²) < 4.78 is 17.9. The lowest BCUT2D eigenvalue weighted by Gasteiger charge is -1.98. The van der Waals surface area contributed by atoms with Crippen LogP contribution >= 0.6 is 0 Å². The van der Waals surface area contributed by atoms with Crippen LogP contribution in [0, 0.1) is 17.7 Å². The van der Waals surface area contributed by atoms with E-state index in [1.54, 1.807) is 6.92 Å².